The van der Waals surface area contributed by atoms with Crippen molar-refractivity contribution in [3.8, 4) is 0 Å². The van der Waals surface area contributed by atoms with Gasteiger partial charge in [0.1, 0.15) is 12.4 Å². The Morgan fingerprint density at radius 3 is 1.41 bits per heavy atom. The molecular formula is C50H103N2O5P. The average molecular weight is 843 g/mol. The van der Waals surface area contributed by atoms with Crippen molar-refractivity contribution in [1.82, 2.24) is 9.99 Å². The predicted molar refractivity (Wildman–Crippen MR) is 255 cm³/mol. The van der Waals surface area contributed by atoms with Gasteiger partial charge >= 0.3 is 5.97 Å². The van der Waals surface area contributed by atoms with E-state index >= 15 is 0 Å². The number of carbonyl (C=O) groups is 2. The summed E-state index contributed by atoms with van der Waals surface area (Å²) in [6.45, 7) is 15.5. The molecule has 0 aromatic rings. The lowest BCUT2D eigenvalue weighted by Crippen LogP contribution is -2.29. The van der Waals surface area contributed by atoms with Crippen molar-refractivity contribution in [3.05, 3.63) is 0 Å². The summed E-state index contributed by atoms with van der Waals surface area (Å²) in [5, 5.41) is 3.47. The summed E-state index contributed by atoms with van der Waals surface area (Å²) in [5.74, 6) is 0.00277. The number of unbranched alkanes of at least 4 members (excludes halogenated alkanes) is 24. The number of carbonyl (C=O) groups excluding carboxylic acids is 2. The molecule has 0 fully saturated rings. The van der Waals surface area contributed by atoms with Crippen LogP contribution in [0.25, 0.3) is 0 Å². The molecule has 0 amide bonds. The minimum atomic E-state index is -0.494. The number of rotatable bonds is 46. The zero-order chi connectivity index (χ0) is 43.0. The van der Waals surface area contributed by atoms with Gasteiger partial charge < -0.3 is 23.7 Å². The summed E-state index contributed by atoms with van der Waals surface area (Å²) in [5.41, 5.74) is 0. The van der Waals surface area contributed by atoms with Crippen molar-refractivity contribution in [2.75, 3.05) is 47.1 Å². The van der Waals surface area contributed by atoms with Crippen LogP contribution < -0.4 is 5.09 Å². The third kappa shape index (κ3) is 46.5. The fraction of sp³-hybridized carbons (Fsp3) is 0.960. The Morgan fingerprint density at radius 2 is 0.966 bits per heavy atom. The first kappa shape index (κ1) is 59.5. The molecule has 0 aliphatic carbocycles. The largest absolute Gasteiger partial charge is 0.462 e. The molecule has 0 saturated carbocycles. The van der Waals surface area contributed by atoms with Gasteiger partial charge in [0.15, 0.2) is 0 Å². The van der Waals surface area contributed by atoms with Crippen LogP contribution in [0.5, 0.6) is 0 Å². The van der Waals surface area contributed by atoms with Crippen molar-refractivity contribution >= 4 is 20.6 Å². The molecule has 7 nitrogen and oxygen atoms in total. The van der Waals surface area contributed by atoms with Gasteiger partial charge in [-0.15, -0.1) is 0 Å². The van der Waals surface area contributed by atoms with E-state index in [2.05, 4.69) is 44.3 Å². The van der Waals surface area contributed by atoms with Gasteiger partial charge in [-0.05, 0) is 90.5 Å². The number of aldehydes is 1. The van der Waals surface area contributed by atoms with E-state index in [1.54, 1.807) is 7.11 Å². The smallest absolute Gasteiger partial charge is 0.306 e. The maximum atomic E-state index is 12.3. The number of nitrogens with one attached hydrogen (secondary N) is 1. The molecule has 0 aromatic heterocycles. The van der Waals surface area contributed by atoms with E-state index in [-0.39, 0.29) is 12.1 Å². The van der Waals surface area contributed by atoms with E-state index in [0.29, 0.717) is 18.9 Å². The van der Waals surface area contributed by atoms with E-state index in [9.17, 15) is 9.59 Å². The predicted octanol–water partition coefficient (Wildman–Crippen LogP) is 15.3. The molecule has 2 unspecified atom stereocenters. The molecule has 8 heteroatoms. The highest BCUT2D eigenvalue weighted by Crippen LogP contribution is 2.23. The van der Waals surface area contributed by atoms with E-state index in [4.69, 9.17) is 14.0 Å². The first-order chi connectivity index (χ1) is 28.4. The molecule has 1 N–H and O–H groups in total. The van der Waals surface area contributed by atoms with Crippen LogP contribution in [-0.2, 0) is 23.6 Å². The SMILES string of the molecule is CCCCCCCCC(CC)OC(=O)CCCCCCCN(CCCCCCCC=O)CCCNP(C)OC.CCCCCCCCC(CCCCCCCC)OC. The topological polar surface area (TPSA) is 77.1 Å². The normalized spacial score (nSPS) is 12.5. The molecule has 0 aromatic carbocycles. The third-order valence-corrected chi connectivity index (χ3v) is 12.9. The van der Waals surface area contributed by atoms with Crippen LogP contribution in [0.3, 0.4) is 0 Å². The van der Waals surface area contributed by atoms with E-state index in [1.807, 2.05) is 7.11 Å². The molecule has 0 aliphatic heterocycles. The molecule has 0 rings (SSSR count). The van der Waals surface area contributed by atoms with Crippen LogP contribution >= 0.6 is 8.30 Å². The molecule has 0 bridgehead atoms. The van der Waals surface area contributed by atoms with Crippen molar-refractivity contribution in [2.24, 2.45) is 0 Å². The molecule has 348 valence electrons. The summed E-state index contributed by atoms with van der Waals surface area (Å²) in [7, 11) is 3.16. The van der Waals surface area contributed by atoms with Gasteiger partial charge in [0.25, 0.3) is 0 Å². The van der Waals surface area contributed by atoms with Crippen molar-refractivity contribution in [2.45, 2.75) is 265 Å². The monoisotopic (exact) mass is 843 g/mol. The molecule has 2 atom stereocenters. The quantitative estimate of drug-likeness (QED) is 0.0283. The zero-order valence-corrected chi connectivity index (χ0v) is 41.1. The minimum absolute atomic E-state index is 0.00277. The molecule has 0 saturated heterocycles. The molecule has 0 radical (unpaired) electrons. The number of methoxy groups -OCH3 is 1. The lowest BCUT2D eigenvalue weighted by atomic mass is 10.0. The van der Waals surface area contributed by atoms with E-state index in [0.717, 1.165) is 64.4 Å². The average Bonchev–Trinajstić information content (AvgIpc) is 3.23. The van der Waals surface area contributed by atoms with Gasteiger partial charge in [0.05, 0.1) is 14.4 Å². The van der Waals surface area contributed by atoms with Crippen molar-refractivity contribution in [3.63, 3.8) is 0 Å². The first-order valence-corrected chi connectivity index (χ1v) is 27.0. The maximum absolute atomic E-state index is 12.3. The summed E-state index contributed by atoms with van der Waals surface area (Å²) in [6.07, 6.45) is 44.7. The Hall–Kier alpha value is -0.590. The van der Waals surface area contributed by atoms with Crippen molar-refractivity contribution < 1.29 is 23.6 Å². The van der Waals surface area contributed by atoms with Gasteiger partial charge in [-0.1, -0.05) is 175 Å². The van der Waals surface area contributed by atoms with Crippen LogP contribution in [0.2, 0.25) is 0 Å². The lowest BCUT2D eigenvalue weighted by Gasteiger charge is -2.23. The van der Waals surface area contributed by atoms with Gasteiger partial charge in [0, 0.05) is 33.6 Å². The van der Waals surface area contributed by atoms with Crippen LogP contribution in [-0.4, -0.2) is 76.4 Å². The summed E-state index contributed by atoms with van der Waals surface area (Å²) in [6, 6.07) is 0. The van der Waals surface area contributed by atoms with Crippen LogP contribution in [0.4, 0.5) is 0 Å². The second-order valence-electron chi connectivity index (χ2n) is 17.1. The second kappa shape index (κ2) is 50.8. The second-order valence-corrected chi connectivity index (χ2v) is 18.7. The van der Waals surface area contributed by atoms with Crippen molar-refractivity contribution in [1.29, 1.82) is 0 Å². The van der Waals surface area contributed by atoms with Gasteiger partial charge in [-0.3, -0.25) is 9.88 Å². The Kier molecular flexibility index (Phi) is 52.1. The highest BCUT2D eigenvalue weighted by atomic mass is 31.2. The number of ether oxygens (including phenoxy) is 2. The maximum Gasteiger partial charge on any atom is 0.306 e. The number of nitrogens with zero attached hydrogens (tertiary/aromatic N) is 1. The van der Waals surface area contributed by atoms with E-state index in [1.165, 1.54) is 180 Å². The van der Waals surface area contributed by atoms with Crippen LogP contribution in [0.15, 0.2) is 0 Å². The van der Waals surface area contributed by atoms with E-state index < -0.39 is 8.30 Å². The molecule has 58 heavy (non-hydrogen) atoms. The molecule has 0 aliphatic rings. The number of hydrogen-bond acceptors (Lipinski definition) is 7. The Morgan fingerprint density at radius 1 is 0.552 bits per heavy atom. The Labute approximate surface area is 364 Å². The van der Waals surface area contributed by atoms with Gasteiger partial charge in [0.2, 0.25) is 0 Å². The molecular weight excluding hydrogens is 740 g/mol. The molecule has 0 heterocycles. The zero-order valence-electron chi connectivity index (χ0n) is 40.2. The fourth-order valence-corrected chi connectivity index (χ4v) is 8.20. The van der Waals surface area contributed by atoms with Crippen LogP contribution in [0.1, 0.15) is 252 Å². The first-order valence-electron chi connectivity index (χ1n) is 25.3. The van der Waals surface area contributed by atoms with Gasteiger partial charge in [-0.25, -0.2) is 0 Å². The summed E-state index contributed by atoms with van der Waals surface area (Å²) < 4.78 is 16.7. The standard InChI is InChI=1S/C32H65N2O4P.C18H38O/c1-5-7-8-9-13-18-24-31(6-2)38-32(36)25-19-14-12-16-21-28-34(29-23-26-33-39(4)37-3)27-20-15-10-11-17-22-30-35;1-4-6-8-10-12-14-16-18(19-3)17-15-13-11-9-7-5-2/h30-31,33H,5-29H2,1-4H3;18H,4-17H2,1-3H3. The number of hydrogen-bond donors (Lipinski definition) is 1. The highest BCUT2D eigenvalue weighted by molar-refractivity contribution is 7.49. The Bertz CT molecular complexity index is 790. The summed E-state index contributed by atoms with van der Waals surface area (Å²) in [4.78, 5) is 25.4. The Balaban J connectivity index is 0. The van der Waals surface area contributed by atoms with Crippen LogP contribution in [0, 0.1) is 0 Å². The lowest BCUT2D eigenvalue weighted by molar-refractivity contribution is -0.149. The molecule has 0 spiro atoms. The third-order valence-electron chi connectivity index (χ3n) is 11.6. The number of esters is 1. The summed E-state index contributed by atoms with van der Waals surface area (Å²) >= 11 is 0. The highest BCUT2D eigenvalue weighted by Gasteiger charge is 2.13. The minimum Gasteiger partial charge on any atom is -0.462 e. The van der Waals surface area contributed by atoms with Gasteiger partial charge in [-0.2, -0.15) is 0 Å². The fourth-order valence-electron chi connectivity index (χ4n) is 7.60.